The van der Waals surface area contributed by atoms with Gasteiger partial charge in [-0.2, -0.15) is 0 Å². The van der Waals surface area contributed by atoms with Gasteiger partial charge in [-0.25, -0.2) is 0 Å². The average Bonchev–Trinajstić information content (AvgIpc) is 2.29. The molecule has 2 heterocycles. The second-order valence-electron chi connectivity index (χ2n) is 4.28. The summed E-state index contributed by atoms with van der Waals surface area (Å²) in [5.41, 5.74) is 4.68. The number of amides is 1. The standard InChI is InChI=1S/C11H14BrN3O2/c12-8-4-9(6-14-5-8)15-3-1-2-11(17,7-15)10(13)16/h4-6,17H,1-3,7H2,(H2,13,16)/t11-/m0/s1. The lowest BCUT2D eigenvalue weighted by atomic mass is 9.92. The summed E-state index contributed by atoms with van der Waals surface area (Å²) in [5, 5.41) is 10.1. The first-order valence-corrected chi connectivity index (χ1v) is 6.18. The Kier molecular flexibility index (Phi) is 3.35. The fourth-order valence-electron chi connectivity index (χ4n) is 2.03. The molecule has 0 spiro atoms. The van der Waals surface area contributed by atoms with Crippen molar-refractivity contribution in [3.63, 3.8) is 0 Å². The number of halogens is 1. The molecule has 0 aromatic carbocycles. The van der Waals surface area contributed by atoms with E-state index in [1.165, 1.54) is 0 Å². The molecule has 1 aromatic rings. The van der Waals surface area contributed by atoms with Crippen LogP contribution in [0.2, 0.25) is 0 Å². The van der Waals surface area contributed by atoms with Crippen LogP contribution in [0.15, 0.2) is 22.9 Å². The monoisotopic (exact) mass is 299 g/mol. The Bertz CT molecular complexity index is 440. The molecule has 2 rings (SSSR count). The topological polar surface area (TPSA) is 79.5 Å². The Labute approximate surface area is 108 Å². The normalized spacial score (nSPS) is 24.7. The Morgan fingerprint density at radius 2 is 2.35 bits per heavy atom. The highest BCUT2D eigenvalue weighted by Gasteiger charge is 2.38. The summed E-state index contributed by atoms with van der Waals surface area (Å²) in [5.74, 6) is -0.662. The number of hydrogen-bond acceptors (Lipinski definition) is 4. The van der Waals surface area contributed by atoms with Crippen LogP contribution in [-0.2, 0) is 4.79 Å². The van der Waals surface area contributed by atoms with Gasteiger partial charge in [0.05, 0.1) is 18.4 Å². The Hall–Kier alpha value is -1.14. The van der Waals surface area contributed by atoms with Crippen LogP contribution in [0.25, 0.3) is 0 Å². The number of hydrogen-bond donors (Lipinski definition) is 2. The molecule has 1 fully saturated rings. The quantitative estimate of drug-likeness (QED) is 0.841. The van der Waals surface area contributed by atoms with Crippen molar-refractivity contribution in [3.8, 4) is 0 Å². The van der Waals surface area contributed by atoms with Crippen molar-refractivity contribution in [3.05, 3.63) is 22.9 Å². The molecule has 92 valence electrons. The largest absolute Gasteiger partial charge is 0.378 e. The Morgan fingerprint density at radius 1 is 1.59 bits per heavy atom. The summed E-state index contributed by atoms with van der Waals surface area (Å²) in [6.07, 6.45) is 4.54. The van der Waals surface area contributed by atoms with Crippen molar-refractivity contribution in [2.75, 3.05) is 18.0 Å². The third-order valence-electron chi connectivity index (χ3n) is 2.99. The summed E-state index contributed by atoms with van der Waals surface area (Å²) in [6, 6.07) is 1.90. The Morgan fingerprint density at radius 3 is 3.00 bits per heavy atom. The van der Waals surface area contributed by atoms with Crippen LogP contribution < -0.4 is 10.6 Å². The first kappa shape index (κ1) is 12.3. The van der Waals surface area contributed by atoms with Crippen LogP contribution in [0.5, 0.6) is 0 Å². The van der Waals surface area contributed by atoms with Crippen LogP contribution in [0.4, 0.5) is 5.69 Å². The number of carbonyl (C=O) groups excluding carboxylic acids is 1. The molecule has 6 heteroatoms. The number of carbonyl (C=O) groups is 1. The van der Waals surface area contributed by atoms with E-state index < -0.39 is 11.5 Å². The lowest BCUT2D eigenvalue weighted by Crippen LogP contribution is -2.56. The summed E-state index contributed by atoms with van der Waals surface area (Å²) < 4.78 is 0.864. The molecule has 0 aliphatic carbocycles. The molecule has 1 amide bonds. The number of aromatic nitrogens is 1. The average molecular weight is 300 g/mol. The smallest absolute Gasteiger partial charge is 0.251 e. The first-order valence-electron chi connectivity index (χ1n) is 5.39. The number of piperidine rings is 1. The van der Waals surface area contributed by atoms with Crippen LogP contribution in [0.1, 0.15) is 12.8 Å². The van der Waals surface area contributed by atoms with Crippen LogP contribution in [0.3, 0.4) is 0 Å². The van der Waals surface area contributed by atoms with Gasteiger partial charge >= 0.3 is 0 Å². The molecule has 3 N–H and O–H groups in total. The minimum Gasteiger partial charge on any atom is -0.378 e. The van der Waals surface area contributed by atoms with Crippen LogP contribution in [0, 0.1) is 0 Å². The number of primary amides is 1. The molecular formula is C11H14BrN3O2. The van der Waals surface area contributed by atoms with E-state index in [2.05, 4.69) is 20.9 Å². The van der Waals surface area contributed by atoms with E-state index in [1.807, 2.05) is 11.0 Å². The van der Waals surface area contributed by atoms with Gasteiger partial charge in [0.2, 0.25) is 0 Å². The molecule has 1 aromatic heterocycles. The van der Waals surface area contributed by atoms with E-state index in [0.717, 1.165) is 23.1 Å². The maximum atomic E-state index is 11.2. The third kappa shape index (κ3) is 2.58. The fourth-order valence-corrected chi connectivity index (χ4v) is 2.38. The zero-order valence-electron chi connectivity index (χ0n) is 9.27. The second-order valence-corrected chi connectivity index (χ2v) is 5.20. The fraction of sp³-hybridized carbons (Fsp3) is 0.455. The highest BCUT2D eigenvalue weighted by atomic mass is 79.9. The lowest BCUT2D eigenvalue weighted by molar-refractivity contribution is -0.137. The number of nitrogens with zero attached hydrogens (tertiary/aromatic N) is 2. The summed E-state index contributed by atoms with van der Waals surface area (Å²) in [6.45, 7) is 1.01. The SMILES string of the molecule is NC(=O)[C@]1(O)CCCN(c2cncc(Br)c2)C1. The Balaban J connectivity index is 2.20. The van der Waals surface area contributed by atoms with E-state index in [-0.39, 0.29) is 6.54 Å². The van der Waals surface area contributed by atoms with Gasteiger partial charge in [0.1, 0.15) is 0 Å². The molecule has 0 saturated carbocycles. The second kappa shape index (κ2) is 4.62. The van der Waals surface area contributed by atoms with Gasteiger partial charge in [-0.15, -0.1) is 0 Å². The van der Waals surface area contributed by atoms with Crippen molar-refractivity contribution < 1.29 is 9.90 Å². The lowest BCUT2D eigenvalue weighted by Gasteiger charge is -2.38. The maximum Gasteiger partial charge on any atom is 0.251 e. The maximum absolute atomic E-state index is 11.2. The first-order chi connectivity index (χ1) is 8.01. The number of rotatable bonds is 2. The van der Waals surface area contributed by atoms with Gasteiger partial charge in [-0.3, -0.25) is 9.78 Å². The van der Waals surface area contributed by atoms with Gasteiger partial charge in [0.15, 0.2) is 5.60 Å². The number of pyridine rings is 1. The highest BCUT2D eigenvalue weighted by Crippen LogP contribution is 2.26. The minimum absolute atomic E-state index is 0.223. The molecule has 1 atom stereocenters. The van der Waals surface area contributed by atoms with Crippen molar-refractivity contribution in [2.24, 2.45) is 5.73 Å². The van der Waals surface area contributed by atoms with E-state index in [1.54, 1.807) is 12.4 Å². The number of nitrogens with two attached hydrogens (primary N) is 1. The third-order valence-corrected chi connectivity index (χ3v) is 3.42. The molecule has 1 aliphatic rings. The number of aliphatic hydroxyl groups is 1. The van der Waals surface area contributed by atoms with Crippen molar-refractivity contribution in [2.45, 2.75) is 18.4 Å². The number of β-amino-alcohol motifs (C(OH)–C–C–N with tert-alkyl or cyclic N) is 1. The predicted molar refractivity (Wildman–Crippen MR) is 67.5 cm³/mol. The minimum atomic E-state index is -1.43. The molecule has 0 unspecified atom stereocenters. The predicted octanol–water partition coefficient (Wildman–Crippen LogP) is 0.661. The molecule has 5 nitrogen and oxygen atoms in total. The molecule has 0 radical (unpaired) electrons. The number of anilines is 1. The van der Waals surface area contributed by atoms with Gasteiger partial charge in [-0.05, 0) is 34.8 Å². The van der Waals surface area contributed by atoms with Crippen LogP contribution in [-0.4, -0.2) is 34.7 Å². The summed E-state index contributed by atoms with van der Waals surface area (Å²) >= 11 is 3.34. The van der Waals surface area contributed by atoms with E-state index in [0.29, 0.717) is 6.42 Å². The molecule has 0 bridgehead atoms. The van der Waals surface area contributed by atoms with Gasteiger partial charge < -0.3 is 15.7 Å². The highest BCUT2D eigenvalue weighted by molar-refractivity contribution is 9.10. The molecule has 1 saturated heterocycles. The van der Waals surface area contributed by atoms with Crippen LogP contribution >= 0.6 is 15.9 Å². The zero-order valence-corrected chi connectivity index (χ0v) is 10.9. The molecular weight excluding hydrogens is 286 g/mol. The summed E-state index contributed by atoms with van der Waals surface area (Å²) in [7, 11) is 0. The molecule has 1 aliphatic heterocycles. The van der Waals surface area contributed by atoms with Gasteiger partial charge in [0, 0.05) is 17.2 Å². The van der Waals surface area contributed by atoms with Crippen molar-refractivity contribution >= 4 is 27.5 Å². The van der Waals surface area contributed by atoms with Crippen molar-refractivity contribution in [1.29, 1.82) is 0 Å². The summed E-state index contributed by atoms with van der Waals surface area (Å²) in [4.78, 5) is 17.2. The van der Waals surface area contributed by atoms with E-state index >= 15 is 0 Å². The zero-order chi connectivity index (χ0) is 12.5. The van der Waals surface area contributed by atoms with E-state index in [9.17, 15) is 9.90 Å². The van der Waals surface area contributed by atoms with Gasteiger partial charge in [-0.1, -0.05) is 0 Å². The van der Waals surface area contributed by atoms with Gasteiger partial charge in [0.25, 0.3) is 5.91 Å². The van der Waals surface area contributed by atoms with Crippen molar-refractivity contribution in [1.82, 2.24) is 4.98 Å². The molecule has 17 heavy (non-hydrogen) atoms. The van der Waals surface area contributed by atoms with E-state index in [4.69, 9.17) is 5.73 Å².